The third-order valence-corrected chi connectivity index (χ3v) is 3.68. The van der Waals surface area contributed by atoms with Crippen LogP contribution in [0, 0.1) is 0 Å². The first-order valence-electron chi connectivity index (χ1n) is 7.64. The minimum absolute atomic E-state index is 0.533. The number of nitrogens with zero attached hydrogens (tertiary/aromatic N) is 4. The molecule has 6 nitrogen and oxygen atoms in total. The van der Waals surface area contributed by atoms with E-state index in [2.05, 4.69) is 24.7 Å². The van der Waals surface area contributed by atoms with Crippen molar-refractivity contribution in [1.29, 1.82) is 0 Å². The molecule has 0 amide bonds. The summed E-state index contributed by atoms with van der Waals surface area (Å²) in [5.74, 6) is 0.141. The van der Waals surface area contributed by atoms with Crippen molar-refractivity contribution >= 4 is 29.5 Å². The Morgan fingerprint density at radius 1 is 0.958 bits per heavy atom. The number of benzene rings is 2. The van der Waals surface area contributed by atoms with E-state index in [1.54, 1.807) is 0 Å². The van der Waals surface area contributed by atoms with E-state index in [1.165, 1.54) is 7.11 Å². The van der Waals surface area contributed by atoms with Gasteiger partial charge in [0.05, 0.1) is 7.11 Å². The molecular weight excluding hydrogens is 304 g/mol. The number of carbonyl (C=O) groups is 1. The molecule has 0 unspecified atom stereocenters. The highest BCUT2D eigenvalue weighted by atomic mass is 16.5. The van der Waals surface area contributed by atoms with Crippen molar-refractivity contribution in [2.24, 2.45) is 10.2 Å². The Hall–Kier alpha value is -3.15. The molecule has 1 saturated heterocycles. The van der Waals surface area contributed by atoms with Crippen LogP contribution in [0.25, 0.3) is 0 Å². The van der Waals surface area contributed by atoms with E-state index < -0.39 is 5.97 Å². The minimum atomic E-state index is -0.533. The molecule has 0 aromatic heterocycles. The van der Waals surface area contributed by atoms with Crippen LogP contribution < -0.4 is 9.80 Å². The van der Waals surface area contributed by atoms with Crippen molar-refractivity contribution in [3.8, 4) is 0 Å². The van der Waals surface area contributed by atoms with E-state index in [4.69, 9.17) is 0 Å². The third-order valence-electron chi connectivity index (χ3n) is 3.68. The third kappa shape index (κ3) is 3.43. The molecule has 1 aliphatic rings. The first-order chi connectivity index (χ1) is 11.8. The average molecular weight is 322 g/mol. The number of hydrogen-bond donors (Lipinski definition) is 0. The second kappa shape index (κ2) is 7.41. The molecular formula is C18H18N4O2. The van der Waals surface area contributed by atoms with Gasteiger partial charge in [0.2, 0.25) is 5.96 Å². The van der Waals surface area contributed by atoms with Crippen LogP contribution in [0.5, 0.6) is 0 Å². The fourth-order valence-electron chi connectivity index (χ4n) is 2.54. The lowest BCUT2D eigenvalue weighted by Crippen LogP contribution is -2.33. The zero-order chi connectivity index (χ0) is 16.8. The van der Waals surface area contributed by atoms with Crippen molar-refractivity contribution in [2.75, 3.05) is 30.0 Å². The Labute approximate surface area is 140 Å². The molecule has 24 heavy (non-hydrogen) atoms. The molecule has 2 aromatic carbocycles. The summed E-state index contributed by atoms with van der Waals surface area (Å²) in [6.07, 6.45) is 1.07. The quantitative estimate of drug-likeness (QED) is 0.493. The summed E-state index contributed by atoms with van der Waals surface area (Å²) in [7, 11) is 1.31. The maximum atomic E-state index is 11.2. The standard InChI is InChI=1S/C18H18N4O2/c1-24-17(23)14-19-20-18-21(15-8-4-2-5-9-15)12-13-22(18)16-10-6-3-7-11-16/h2-11,14H,12-13H2,1H3/b19-14+. The van der Waals surface area contributed by atoms with Gasteiger partial charge in [-0.2, -0.15) is 0 Å². The molecule has 0 aliphatic carbocycles. The summed E-state index contributed by atoms with van der Waals surface area (Å²) >= 11 is 0. The van der Waals surface area contributed by atoms with Crippen LogP contribution in [-0.4, -0.2) is 38.3 Å². The molecule has 1 heterocycles. The normalized spacial score (nSPS) is 14.3. The smallest absolute Gasteiger partial charge is 0.351 e. The molecule has 6 heteroatoms. The van der Waals surface area contributed by atoms with Crippen LogP contribution >= 0.6 is 0 Å². The molecule has 2 aromatic rings. The van der Waals surface area contributed by atoms with Gasteiger partial charge in [-0.3, -0.25) is 0 Å². The molecule has 1 aliphatic heterocycles. The first kappa shape index (κ1) is 15.7. The largest absolute Gasteiger partial charge is 0.465 e. The second-order valence-corrected chi connectivity index (χ2v) is 5.14. The second-order valence-electron chi connectivity index (χ2n) is 5.14. The van der Waals surface area contributed by atoms with Crippen LogP contribution in [0.2, 0.25) is 0 Å². The van der Waals surface area contributed by atoms with E-state index in [0.717, 1.165) is 30.7 Å². The van der Waals surface area contributed by atoms with Crippen molar-refractivity contribution in [3.63, 3.8) is 0 Å². The van der Waals surface area contributed by atoms with Crippen molar-refractivity contribution in [1.82, 2.24) is 0 Å². The van der Waals surface area contributed by atoms with Gasteiger partial charge in [0.1, 0.15) is 6.21 Å². The van der Waals surface area contributed by atoms with E-state index >= 15 is 0 Å². The summed E-state index contributed by atoms with van der Waals surface area (Å²) in [6, 6.07) is 20.0. The number of guanidine groups is 1. The van der Waals surface area contributed by atoms with Crippen LogP contribution in [0.3, 0.4) is 0 Å². The Morgan fingerprint density at radius 2 is 1.46 bits per heavy atom. The number of esters is 1. The zero-order valence-corrected chi connectivity index (χ0v) is 13.4. The van der Waals surface area contributed by atoms with Gasteiger partial charge in [-0.25, -0.2) is 4.79 Å². The maximum absolute atomic E-state index is 11.2. The number of methoxy groups -OCH3 is 1. The maximum Gasteiger partial charge on any atom is 0.351 e. The summed E-state index contributed by atoms with van der Waals surface area (Å²) in [4.78, 5) is 15.4. The Bertz CT molecular complexity index is 695. The van der Waals surface area contributed by atoms with E-state index in [9.17, 15) is 4.79 Å². The lowest BCUT2D eigenvalue weighted by atomic mass is 10.3. The molecule has 0 bridgehead atoms. The van der Waals surface area contributed by atoms with Gasteiger partial charge < -0.3 is 14.5 Å². The summed E-state index contributed by atoms with van der Waals surface area (Å²) in [6.45, 7) is 1.57. The van der Waals surface area contributed by atoms with Gasteiger partial charge in [0.15, 0.2) is 0 Å². The Morgan fingerprint density at radius 3 is 1.92 bits per heavy atom. The van der Waals surface area contributed by atoms with Gasteiger partial charge in [-0.1, -0.05) is 36.4 Å². The lowest BCUT2D eigenvalue weighted by molar-refractivity contribution is -0.132. The van der Waals surface area contributed by atoms with Crippen LogP contribution in [-0.2, 0) is 9.53 Å². The number of ether oxygens (including phenoxy) is 1. The number of hydrogen-bond acceptors (Lipinski definition) is 4. The van der Waals surface area contributed by atoms with E-state index in [0.29, 0.717) is 5.96 Å². The SMILES string of the molecule is COC(=O)/C=N/N=C1N(c2ccccc2)CCN1c1ccccc1. The molecule has 0 spiro atoms. The molecule has 1 fully saturated rings. The highest BCUT2D eigenvalue weighted by molar-refractivity contribution is 6.23. The predicted molar refractivity (Wildman–Crippen MR) is 95.5 cm³/mol. The van der Waals surface area contributed by atoms with Gasteiger partial charge in [-0.05, 0) is 24.3 Å². The number of carbonyl (C=O) groups excluding carboxylic acids is 1. The van der Waals surface area contributed by atoms with Crippen LogP contribution in [0.1, 0.15) is 0 Å². The summed E-state index contributed by atoms with van der Waals surface area (Å²) < 4.78 is 4.55. The highest BCUT2D eigenvalue weighted by Crippen LogP contribution is 2.24. The zero-order valence-electron chi connectivity index (χ0n) is 13.4. The fraction of sp³-hybridized carbons (Fsp3) is 0.167. The predicted octanol–water partition coefficient (Wildman–Crippen LogP) is 2.53. The number of anilines is 2. The van der Waals surface area contributed by atoms with E-state index in [1.807, 2.05) is 60.7 Å². The lowest BCUT2D eigenvalue weighted by Gasteiger charge is -2.22. The molecule has 0 atom stereocenters. The summed E-state index contributed by atoms with van der Waals surface area (Å²) in [5, 5.41) is 8.14. The van der Waals surface area contributed by atoms with Crippen molar-refractivity contribution in [3.05, 3.63) is 60.7 Å². The molecule has 0 saturated carbocycles. The number of para-hydroxylation sites is 2. The van der Waals surface area contributed by atoms with Crippen LogP contribution in [0.4, 0.5) is 11.4 Å². The summed E-state index contributed by atoms with van der Waals surface area (Å²) in [5.41, 5.74) is 2.06. The highest BCUT2D eigenvalue weighted by Gasteiger charge is 2.28. The topological polar surface area (TPSA) is 57.5 Å². The van der Waals surface area contributed by atoms with Gasteiger partial charge in [0.25, 0.3) is 0 Å². The number of rotatable bonds is 4. The minimum Gasteiger partial charge on any atom is -0.465 e. The Balaban J connectivity index is 1.94. The van der Waals surface area contributed by atoms with Gasteiger partial charge in [0, 0.05) is 24.5 Å². The Kier molecular flexibility index (Phi) is 4.86. The average Bonchev–Trinajstić information content (AvgIpc) is 3.07. The molecule has 122 valence electrons. The monoisotopic (exact) mass is 322 g/mol. The van der Waals surface area contributed by atoms with E-state index in [-0.39, 0.29) is 0 Å². The van der Waals surface area contributed by atoms with Gasteiger partial charge >= 0.3 is 5.97 Å². The van der Waals surface area contributed by atoms with Crippen LogP contribution in [0.15, 0.2) is 70.9 Å². The first-order valence-corrected chi connectivity index (χ1v) is 7.64. The fourth-order valence-corrected chi connectivity index (χ4v) is 2.54. The molecule has 0 N–H and O–H groups in total. The van der Waals surface area contributed by atoms with Gasteiger partial charge in [-0.15, -0.1) is 10.2 Å². The molecule has 3 rings (SSSR count). The molecule has 0 radical (unpaired) electrons. The van der Waals surface area contributed by atoms with Crippen molar-refractivity contribution in [2.45, 2.75) is 0 Å². The van der Waals surface area contributed by atoms with Crippen molar-refractivity contribution < 1.29 is 9.53 Å².